The van der Waals surface area contributed by atoms with E-state index in [1.54, 1.807) is 17.5 Å². The summed E-state index contributed by atoms with van der Waals surface area (Å²) in [6, 6.07) is 3.61. The Bertz CT molecular complexity index is 555. The molecule has 0 unspecified atom stereocenters. The average molecular weight is 274 g/mol. The molecule has 0 aliphatic carbocycles. The largest absolute Gasteiger partial charge is 0.272 e. The van der Waals surface area contributed by atoms with Gasteiger partial charge in [-0.2, -0.15) is 5.10 Å². The third-order valence-corrected chi connectivity index (χ3v) is 2.83. The molecule has 0 radical (unpaired) electrons. The third-order valence-electron chi connectivity index (χ3n) is 2.02. The van der Waals surface area contributed by atoms with E-state index in [1.807, 2.05) is 5.43 Å². The van der Waals surface area contributed by atoms with E-state index in [2.05, 4.69) is 5.10 Å². The normalized spacial score (nSPS) is 11.1. The molecule has 1 N–H and O–H groups in total. The summed E-state index contributed by atoms with van der Waals surface area (Å²) in [5.41, 5.74) is 0.989. The van der Waals surface area contributed by atoms with Crippen molar-refractivity contribution >= 4 is 23.2 Å². The number of nitrogens with zero attached hydrogens (tertiary/aromatic N) is 1. The van der Waals surface area contributed by atoms with Gasteiger partial charge in [0.15, 0.2) is 23.3 Å². The number of rotatable bonds is 3. The van der Waals surface area contributed by atoms with Crippen LogP contribution in [0.5, 0.6) is 0 Å². The number of hydrogen-bond donors (Lipinski definition) is 1. The molecule has 7 heteroatoms. The van der Waals surface area contributed by atoms with Crippen LogP contribution >= 0.6 is 11.3 Å². The smallest absolute Gasteiger partial charge is 0.186 e. The zero-order chi connectivity index (χ0) is 13.1. The number of hydrazone groups is 1. The van der Waals surface area contributed by atoms with Gasteiger partial charge in [0, 0.05) is 10.9 Å². The van der Waals surface area contributed by atoms with Gasteiger partial charge in [-0.25, -0.2) is 17.6 Å². The molecular weight excluding hydrogens is 268 g/mol. The van der Waals surface area contributed by atoms with Crippen LogP contribution in [-0.2, 0) is 0 Å². The van der Waals surface area contributed by atoms with E-state index in [9.17, 15) is 17.6 Å². The zero-order valence-electron chi connectivity index (χ0n) is 8.75. The second-order valence-electron chi connectivity index (χ2n) is 3.23. The van der Waals surface area contributed by atoms with Crippen LogP contribution in [0.25, 0.3) is 0 Å². The molecule has 18 heavy (non-hydrogen) atoms. The number of anilines is 1. The van der Waals surface area contributed by atoms with Crippen LogP contribution in [0.15, 0.2) is 28.7 Å². The van der Waals surface area contributed by atoms with Crippen molar-refractivity contribution in [3.8, 4) is 0 Å². The average Bonchev–Trinajstić information content (AvgIpc) is 2.84. The van der Waals surface area contributed by atoms with Crippen LogP contribution in [0.4, 0.5) is 23.2 Å². The van der Waals surface area contributed by atoms with Crippen LogP contribution in [-0.4, -0.2) is 6.21 Å². The molecule has 2 nitrogen and oxygen atoms in total. The highest BCUT2D eigenvalue weighted by molar-refractivity contribution is 7.11. The van der Waals surface area contributed by atoms with Crippen LogP contribution in [0.1, 0.15) is 4.88 Å². The fourth-order valence-corrected chi connectivity index (χ4v) is 1.78. The van der Waals surface area contributed by atoms with Crippen molar-refractivity contribution in [2.24, 2.45) is 5.10 Å². The lowest BCUT2D eigenvalue weighted by Crippen LogP contribution is -2.02. The second-order valence-corrected chi connectivity index (χ2v) is 4.21. The first kappa shape index (κ1) is 12.6. The summed E-state index contributed by atoms with van der Waals surface area (Å²) in [6.07, 6.45) is 1.28. The van der Waals surface area contributed by atoms with E-state index < -0.39 is 29.0 Å². The summed E-state index contributed by atoms with van der Waals surface area (Å²) in [6.45, 7) is 0. The van der Waals surface area contributed by atoms with Crippen molar-refractivity contribution in [3.63, 3.8) is 0 Å². The van der Waals surface area contributed by atoms with Crippen molar-refractivity contribution < 1.29 is 17.6 Å². The van der Waals surface area contributed by atoms with Gasteiger partial charge >= 0.3 is 0 Å². The van der Waals surface area contributed by atoms with Gasteiger partial charge in [0.1, 0.15) is 5.69 Å². The van der Waals surface area contributed by atoms with Gasteiger partial charge in [0.2, 0.25) is 0 Å². The first-order valence-electron chi connectivity index (χ1n) is 4.75. The molecule has 2 rings (SSSR count). The molecule has 0 saturated carbocycles. The lowest BCUT2D eigenvalue weighted by molar-refractivity contribution is 0.458. The molecule has 0 aliphatic rings. The Morgan fingerprint density at radius 1 is 1.11 bits per heavy atom. The Balaban J connectivity index is 2.24. The molecule has 94 valence electrons. The number of halogens is 4. The van der Waals surface area contributed by atoms with Gasteiger partial charge in [-0.15, -0.1) is 11.3 Å². The van der Waals surface area contributed by atoms with Crippen LogP contribution in [0.3, 0.4) is 0 Å². The number of hydrogen-bond acceptors (Lipinski definition) is 3. The zero-order valence-corrected chi connectivity index (χ0v) is 9.57. The van der Waals surface area contributed by atoms with E-state index in [4.69, 9.17) is 0 Å². The molecule has 0 bridgehead atoms. The minimum atomic E-state index is -1.52. The van der Waals surface area contributed by atoms with Crippen LogP contribution in [0, 0.1) is 23.3 Å². The highest BCUT2D eigenvalue weighted by atomic mass is 32.1. The summed E-state index contributed by atoms with van der Waals surface area (Å²) in [7, 11) is 0. The van der Waals surface area contributed by atoms with Gasteiger partial charge in [-0.1, -0.05) is 6.07 Å². The van der Waals surface area contributed by atoms with Gasteiger partial charge in [-0.05, 0) is 11.4 Å². The second kappa shape index (κ2) is 5.18. The summed E-state index contributed by atoms with van der Waals surface area (Å²) >= 11 is 1.35. The van der Waals surface area contributed by atoms with E-state index >= 15 is 0 Å². The molecule has 0 fully saturated rings. The maximum Gasteiger partial charge on any atom is 0.186 e. The first-order chi connectivity index (χ1) is 8.59. The fraction of sp³-hybridized carbons (Fsp3) is 0. The van der Waals surface area contributed by atoms with Gasteiger partial charge < -0.3 is 0 Å². The quantitative estimate of drug-likeness (QED) is 0.392. The lowest BCUT2D eigenvalue weighted by atomic mass is 10.2. The van der Waals surface area contributed by atoms with Crippen molar-refractivity contribution in [2.45, 2.75) is 0 Å². The van der Waals surface area contributed by atoms with Crippen molar-refractivity contribution in [2.75, 3.05) is 5.43 Å². The summed E-state index contributed by atoms with van der Waals surface area (Å²) in [4.78, 5) is 0.722. The number of nitrogens with one attached hydrogen (secondary N) is 1. The van der Waals surface area contributed by atoms with Gasteiger partial charge in [-0.3, -0.25) is 5.43 Å². The predicted molar refractivity (Wildman–Crippen MR) is 61.8 cm³/mol. The minimum Gasteiger partial charge on any atom is -0.272 e. The van der Waals surface area contributed by atoms with E-state index in [0.29, 0.717) is 0 Å². The number of benzene rings is 1. The first-order valence-corrected chi connectivity index (χ1v) is 5.63. The molecule has 1 heterocycles. The molecule has 0 saturated heterocycles. The Hall–Kier alpha value is -1.89. The highest BCUT2D eigenvalue weighted by Crippen LogP contribution is 2.24. The Morgan fingerprint density at radius 2 is 1.78 bits per heavy atom. The maximum absolute atomic E-state index is 13.2. The Labute approximate surface area is 104 Å². The van der Waals surface area contributed by atoms with Crippen molar-refractivity contribution in [3.05, 3.63) is 51.7 Å². The molecule has 1 aromatic carbocycles. The third kappa shape index (κ3) is 2.51. The standard InChI is InChI=1S/C11H6F4N2S/c12-7-4-8(13)10(15)11(9(7)14)17-16-5-6-2-1-3-18-6/h1-5,17H/b16-5+. The van der Waals surface area contributed by atoms with E-state index in [0.717, 1.165) is 4.88 Å². The fourth-order valence-electron chi connectivity index (χ4n) is 1.20. The minimum absolute atomic E-state index is 0.138. The van der Waals surface area contributed by atoms with Crippen LogP contribution < -0.4 is 5.43 Å². The monoisotopic (exact) mass is 274 g/mol. The SMILES string of the molecule is Fc1cc(F)c(F)c(N/N=C/c2cccs2)c1F. The molecule has 0 spiro atoms. The molecule has 1 aromatic heterocycles. The maximum atomic E-state index is 13.2. The summed E-state index contributed by atoms with van der Waals surface area (Å²) in [5.74, 6) is -6.00. The molecule has 0 amide bonds. The summed E-state index contributed by atoms with van der Waals surface area (Å²) < 4.78 is 52.1. The molecule has 2 aromatic rings. The van der Waals surface area contributed by atoms with E-state index in [1.165, 1.54) is 17.6 Å². The van der Waals surface area contributed by atoms with Gasteiger partial charge in [0.25, 0.3) is 0 Å². The molecule has 0 aliphatic heterocycles. The highest BCUT2D eigenvalue weighted by Gasteiger charge is 2.18. The molecular formula is C11H6F4N2S. The Kier molecular flexibility index (Phi) is 3.61. The summed E-state index contributed by atoms with van der Waals surface area (Å²) in [5, 5.41) is 5.29. The van der Waals surface area contributed by atoms with Crippen LogP contribution in [0.2, 0.25) is 0 Å². The van der Waals surface area contributed by atoms with E-state index in [-0.39, 0.29) is 6.07 Å². The number of thiophene rings is 1. The van der Waals surface area contributed by atoms with Gasteiger partial charge in [0.05, 0.1) is 6.21 Å². The lowest BCUT2D eigenvalue weighted by Gasteiger charge is -2.05. The molecule has 0 atom stereocenters. The topological polar surface area (TPSA) is 24.4 Å². The predicted octanol–water partition coefficient (Wildman–Crippen LogP) is 3.75. The Morgan fingerprint density at radius 3 is 2.33 bits per heavy atom. The van der Waals surface area contributed by atoms with Crippen molar-refractivity contribution in [1.82, 2.24) is 0 Å². The van der Waals surface area contributed by atoms with Crippen molar-refractivity contribution in [1.29, 1.82) is 0 Å².